The van der Waals surface area contributed by atoms with Crippen LogP contribution in [0, 0.1) is 0 Å². The molecule has 1 aromatic carbocycles. The first-order valence-corrected chi connectivity index (χ1v) is 10.2. The molecule has 8 heteroatoms. The zero-order valence-corrected chi connectivity index (χ0v) is 18.3. The van der Waals surface area contributed by atoms with Gasteiger partial charge in [-0.1, -0.05) is 25.5 Å². The number of nitrogens with one attached hydrogen (secondary N) is 2. The first-order valence-electron chi connectivity index (χ1n) is 10.2. The number of carbonyl (C=O) groups excluding carboxylic acids is 3. The SMILES string of the molecule is CCCCN1C(=O)NC(c2cccc(NC(=O)COC)c2)C(C(=O)OC(C)C)=C1C. The van der Waals surface area contributed by atoms with E-state index in [-0.39, 0.29) is 24.6 Å². The number of unbranched alkanes of at least 4 members (excludes halogenated alkanes) is 1. The van der Waals surface area contributed by atoms with Crippen molar-refractivity contribution in [2.45, 2.75) is 52.7 Å². The summed E-state index contributed by atoms with van der Waals surface area (Å²) < 4.78 is 10.3. The maximum absolute atomic E-state index is 12.9. The molecule has 164 valence electrons. The fourth-order valence-corrected chi connectivity index (χ4v) is 3.28. The fraction of sp³-hybridized carbons (Fsp3) is 0.500. The molecule has 0 saturated heterocycles. The van der Waals surface area contributed by atoms with E-state index in [1.807, 2.05) is 6.92 Å². The van der Waals surface area contributed by atoms with Gasteiger partial charge in [0.15, 0.2) is 0 Å². The Labute approximate surface area is 177 Å². The molecule has 0 saturated carbocycles. The lowest BCUT2D eigenvalue weighted by Crippen LogP contribution is -2.48. The second kappa shape index (κ2) is 10.8. The molecule has 1 atom stereocenters. The summed E-state index contributed by atoms with van der Waals surface area (Å²) in [6.07, 6.45) is 1.46. The van der Waals surface area contributed by atoms with Gasteiger partial charge in [0.2, 0.25) is 5.91 Å². The Morgan fingerprint density at radius 1 is 1.30 bits per heavy atom. The number of hydrogen-bond acceptors (Lipinski definition) is 5. The molecule has 2 rings (SSSR count). The van der Waals surface area contributed by atoms with Gasteiger partial charge in [0.05, 0.1) is 17.7 Å². The Morgan fingerprint density at radius 2 is 2.03 bits per heavy atom. The van der Waals surface area contributed by atoms with E-state index in [2.05, 4.69) is 10.6 Å². The highest BCUT2D eigenvalue weighted by atomic mass is 16.5. The van der Waals surface area contributed by atoms with Crippen molar-refractivity contribution in [1.82, 2.24) is 10.2 Å². The van der Waals surface area contributed by atoms with E-state index in [9.17, 15) is 14.4 Å². The number of carbonyl (C=O) groups is 3. The number of rotatable bonds is 9. The summed E-state index contributed by atoms with van der Waals surface area (Å²) in [4.78, 5) is 39.1. The third-order valence-electron chi connectivity index (χ3n) is 4.67. The molecule has 0 bridgehead atoms. The average molecular weight is 418 g/mol. The summed E-state index contributed by atoms with van der Waals surface area (Å²) in [6.45, 7) is 7.83. The first kappa shape index (κ1) is 23.4. The van der Waals surface area contributed by atoms with Gasteiger partial charge in [-0.05, 0) is 44.9 Å². The third-order valence-corrected chi connectivity index (χ3v) is 4.67. The van der Waals surface area contributed by atoms with Crippen LogP contribution in [-0.2, 0) is 19.1 Å². The summed E-state index contributed by atoms with van der Waals surface area (Å²) in [5.74, 6) is -0.762. The Bertz CT molecular complexity index is 819. The Balaban J connectivity index is 2.43. The van der Waals surface area contributed by atoms with E-state index in [1.54, 1.807) is 49.9 Å². The van der Waals surface area contributed by atoms with Crippen molar-refractivity contribution < 1.29 is 23.9 Å². The molecule has 1 aliphatic rings. The van der Waals surface area contributed by atoms with Gasteiger partial charge in [-0.2, -0.15) is 0 Å². The quantitative estimate of drug-likeness (QED) is 0.601. The summed E-state index contributed by atoms with van der Waals surface area (Å²) in [7, 11) is 1.44. The molecule has 0 aliphatic carbocycles. The molecule has 2 N–H and O–H groups in total. The van der Waals surface area contributed by atoms with Crippen LogP contribution in [0.2, 0.25) is 0 Å². The van der Waals surface area contributed by atoms with Gasteiger partial charge in [0.25, 0.3) is 0 Å². The van der Waals surface area contributed by atoms with E-state index in [1.165, 1.54) is 7.11 Å². The molecule has 1 aliphatic heterocycles. The number of nitrogens with zero attached hydrogens (tertiary/aromatic N) is 1. The number of benzene rings is 1. The second-order valence-corrected chi connectivity index (χ2v) is 7.45. The number of methoxy groups -OCH3 is 1. The van der Waals surface area contributed by atoms with E-state index >= 15 is 0 Å². The van der Waals surface area contributed by atoms with E-state index in [0.717, 1.165) is 12.8 Å². The number of anilines is 1. The topological polar surface area (TPSA) is 97.0 Å². The van der Waals surface area contributed by atoms with Crippen molar-refractivity contribution >= 4 is 23.6 Å². The van der Waals surface area contributed by atoms with Crippen LogP contribution in [0.5, 0.6) is 0 Å². The highest BCUT2D eigenvalue weighted by molar-refractivity contribution is 5.95. The Hall–Kier alpha value is -2.87. The predicted octanol–water partition coefficient (Wildman–Crippen LogP) is 3.36. The van der Waals surface area contributed by atoms with Crippen molar-refractivity contribution in [3.63, 3.8) is 0 Å². The lowest BCUT2D eigenvalue weighted by molar-refractivity contribution is -0.143. The van der Waals surface area contributed by atoms with Gasteiger partial charge in [0, 0.05) is 25.0 Å². The minimum atomic E-state index is -0.680. The maximum atomic E-state index is 12.9. The van der Waals surface area contributed by atoms with E-state index in [4.69, 9.17) is 9.47 Å². The standard InChI is InChI=1S/C22H31N3O5/c1-6-7-11-25-15(4)19(21(27)30-14(2)3)20(24-22(25)28)16-9-8-10-17(12-16)23-18(26)13-29-5/h8-10,12,14,20H,6-7,11,13H2,1-5H3,(H,23,26)(H,24,28). The monoisotopic (exact) mass is 417 g/mol. The third kappa shape index (κ3) is 5.82. The zero-order chi connectivity index (χ0) is 22.3. The predicted molar refractivity (Wildman–Crippen MR) is 114 cm³/mol. The first-order chi connectivity index (χ1) is 14.3. The molecule has 3 amide bonds. The number of hydrogen-bond donors (Lipinski definition) is 2. The van der Waals surface area contributed by atoms with Crippen LogP contribution in [-0.4, -0.2) is 49.2 Å². The van der Waals surface area contributed by atoms with Crippen LogP contribution in [0.4, 0.5) is 10.5 Å². The Kier molecular flexibility index (Phi) is 8.41. The number of ether oxygens (including phenoxy) is 2. The van der Waals surface area contributed by atoms with Gasteiger partial charge < -0.3 is 20.1 Å². The molecular weight excluding hydrogens is 386 g/mol. The van der Waals surface area contributed by atoms with Crippen LogP contribution in [0.15, 0.2) is 35.5 Å². The molecule has 0 radical (unpaired) electrons. The summed E-state index contributed by atoms with van der Waals surface area (Å²) in [5, 5.41) is 5.66. The Morgan fingerprint density at radius 3 is 2.67 bits per heavy atom. The van der Waals surface area contributed by atoms with Crippen molar-refractivity contribution in [2.24, 2.45) is 0 Å². The molecule has 0 fully saturated rings. The summed E-state index contributed by atoms with van der Waals surface area (Å²) >= 11 is 0. The minimum Gasteiger partial charge on any atom is -0.459 e. The molecule has 1 unspecified atom stereocenters. The molecule has 1 aromatic rings. The normalized spacial score (nSPS) is 16.5. The van der Waals surface area contributed by atoms with Crippen LogP contribution < -0.4 is 10.6 Å². The van der Waals surface area contributed by atoms with E-state index in [0.29, 0.717) is 29.1 Å². The van der Waals surface area contributed by atoms with Gasteiger partial charge in [-0.3, -0.25) is 9.69 Å². The van der Waals surface area contributed by atoms with Gasteiger partial charge in [-0.15, -0.1) is 0 Å². The number of urea groups is 1. The maximum Gasteiger partial charge on any atom is 0.338 e. The highest BCUT2D eigenvalue weighted by Gasteiger charge is 2.36. The lowest BCUT2D eigenvalue weighted by atomic mass is 9.94. The molecule has 0 aromatic heterocycles. The van der Waals surface area contributed by atoms with Crippen molar-refractivity contribution in [3.05, 3.63) is 41.1 Å². The van der Waals surface area contributed by atoms with Crippen LogP contribution >= 0.6 is 0 Å². The molecular formula is C22H31N3O5. The van der Waals surface area contributed by atoms with Crippen LogP contribution in [0.1, 0.15) is 52.1 Å². The average Bonchev–Trinajstić information content (AvgIpc) is 2.67. The largest absolute Gasteiger partial charge is 0.459 e. The minimum absolute atomic E-state index is 0.0677. The smallest absolute Gasteiger partial charge is 0.338 e. The van der Waals surface area contributed by atoms with Gasteiger partial charge in [-0.25, -0.2) is 9.59 Å². The molecule has 1 heterocycles. The second-order valence-electron chi connectivity index (χ2n) is 7.45. The lowest BCUT2D eigenvalue weighted by Gasteiger charge is -2.35. The molecule has 8 nitrogen and oxygen atoms in total. The van der Waals surface area contributed by atoms with Crippen molar-refractivity contribution in [2.75, 3.05) is 25.6 Å². The molecule has 0 spiro atoms. The summed E-state index contributed by atoms with van der Waals surface area (Å²) in [5.41, 5.74) is 2.19. The summed E-state index contributed by atoms with van der Waals surface area (Å²) in [6, 6.07) is 6.08. The molecule has 30 heavy (non-hydrogen) atoms. The van der Waals surface area contributed by atoms with Crippen molar-refractivity contribution in [1.29, 1.82) is 0 Å². The van der Waals surface area contributed by atoms with E-state index < -0.39 is 12.0 Å². The highest BCUT2D eigenvalue weighted by Crippen LogP contribution is 2.32. The fourth-order valence-electron chi connectivity index (χ4n) is 3.28. The van der Waals surface area contributed by atoms with Crippen molar-refractivity contribution in [3.8, 4) is 0 Å². The van der Waals surface area contributed by atoms with Crippen LogP contribution in [0.25, 0.3) is 0 Å². The number of amides is 3. The number of allylic oxidation sites excluding steroid dienone is 1. The number of esters is 1. The van der Waals surface area contributed by atoms with Gasteiger partial charge in [0.1, 0.15) is 6.61 Å². The zero-order valence-electron chi connectivity index (χ0n) is 18.3. The van der Waals surface area contributed by atoms with Crippen LogP contribution in [0.3, 0.4) is 0 Å². The van der Waals surface area contributed by atoms with Gasteiger partial charge >= 0.3 is 12.0 Å².